The van der Waals surface area contributed by atoms with Crippen molar-refractivity contribution < 1.29 is 4.79 Å². The lowest BCUT2D eigenvalue weighted by atomic mass is 10.1. The number of benzene rings is 1. The molecule has 4 nitrogen and oxygen atoms in total. The van der Waals surface area contributed by atoms with Crippen molar-refractivity contribution in [2.75, 3.05) is 18.0 Å². The summed E-state index contributed by atoms with van der Waals surface area (Å²) < 4.78 is 0. The third kappa shape index (κ3) is 2.52. The molecule has 5 N–H and O–H groups in total. The molecular weight excluding hydrogens is 178 g/mol. The molecule has 0 saturated carbocycles. The van der Waals surface area contributed by atoms with Crippen LogP contribution in [0.5, 0.6) is 0 Å². The summed E-state index contributed by atoms with van der Waals surface area (Å²) in [6.45, 7) is 3.92. The quantitative estimate of drug-likeness (QED) is 0.487. The van der Waals surface area contributed by atoms with Crippen molar-refractivity contribution in [3.8, 4) is 0 Å². The number of hydrogen-bond acceptors (Lipinski definition) is 3. The first kappa shape index (κ1) is 10.1. The fourth-order valence-corrected chi connectivity index (χ4v) is 1.07. The summed E-state index contributed by atoms with van der Waals surface area (Å²) in [6, 6.07) is 4.76. The SMILES string of the molecule is C=CCNC(=O)c1cc(N)cc(N)c1. The molecule has 0 unspecified atom stereocenters. The lowest BCUT2D eigenvalue weighted by Crippen LogP contribution is -2.23. The van der Waals surface area contributed by atoms with Crippen LogP contribution < -0.4 is 16.8 Å². The molecule has 14 heavy (non-hydrogen) atoms. The van der Waals surface area contributed by atoms with E-state index in [1.807, 2.05) is 0 Å². The van der Waals surface area contributed by atoms with Gasteiger partial charge in [-0.2, -0.15) is 0 Å². The summed E-state index contributed by atoms with van der Waals surface area (Å²) in [5, 5.41) is 2.63. The summed E-state index contributed by atoms with van der Waals surface area (Å²) in [4.78, 5) is 11.4. The molecule has 0 spiro atoms. The first-order chi connectivity index (χ1) is 6.63. The molecule has 0 atom stereocenters. The molecule has 1 rings (SSSR count). The predicted molar refractivity (Wildman–Crippen MR) is 57.8 cm³/mol. The van der Waals surface area contributed by atoms with Crippen LogP contribution in [0.25, 0.3) is 0 Å². The fraction of sp³-hybridized carbons (Fsp3) is 0.100. The van der Waals surface area contributed by atoms with E-state index in [4.69, 9.17) is 11.5 Å². The first-order valence-corrected chi connectivity index (χ1v) is 4.18. The number of carbonyl (C=O) groups excluding carboxylic acids is 1. The standard InChI is InChI=1S/C10H13N3O/c1-2-3-13-10(14)7-4-8(11)6-9(12)5-7/h2,4-6H,1,3,11-12H2,(H,13,14). The van der Waals surface area contributed by atoms with E-state index in [1.165, 1.54) is 0 Å². The van der Waals surface area contributed by atoms with Crippen molar-refractivity contribution in [3.05, 3.63) is 36.4 Å². The van der Waals surface area contributed by atoms with Crippen molar-refractivity contribution >= 4 is 17.3 Å². The normalized spacial score (nSPS) is 9.43. The van der Waals surface area contributed by atoms with Gasteiger partial charge in [0.1, 0.15) is 0 Å². The Labute approximate surface area is 82.6 Å². The van der Waals surface area contributed by atoms with E-state index in [0.29, 0.717) is 23.5 Å². The molecule has 0 aromatic heterocycles. The topological polar surface area (TPSA) is 81.1 Å². The van der Waals surface area contributed by atoms with Gasteiger partial charge in [-0.15, -0.1) is 6.58 Å². The van der Waals surface area contributed by atoms with Crippen molar-refractivity contribution in [1.29, 1.82) is 0 Å². The van der Waals surface area contributed by atoms with Crippen LogP contribution in [-0.4, -0.2) is 12.5 Å². The second-order valence-electron chi connectivity index (χ2n) is 2.89. The smallest absolute Gasteiger partial charge is 0.251 e. The molecular formula is C10H13N3O. The van der Waals surface area contributed by atoms with E-state index in [9.17, 15) is 4.79 Å². The number of anilines is 2. The zero-order chi connectivity index (χ0) is 10.6. The molecule has 0 heterocycles. The van der Waals surface area contributed by atoms with Gasteiger partial charge in [-0.1, -0.05) is 6.08 Å². The van der Waals surface area contributed by atoms with Gasteiger partial charge in [0, 0.05) is 23.5 Å². The molecule has 0 radical (unpaired) electrons. The summed E-state index contributed by atoms with van der Waals surface area (Å²) in [6.07, 6.45) is 1.60. The Balaban J connectivity index is 2.84. The summed E-state index contributed by atoms with van der Waals surface area (Å²) >= 11 is 0. The Morgan fingerprint density at radius 3 is 2.43 bits per heavy atom. The van der Waals surface area contributed by atoms with Gasteiger partial charge in [0.25, 0.3) is 5.91 Å². The average molecular weight is 191 g/mol. The second-order valence-corrected chi connectivity index (χ2v) is 2.89. The average Bonchev–Trinajstić information content (AvgIpc) is 2.12. The second kappa shape index (κ2) is 4.32. The molecule has 74 valence electrons. The zero-order valence-corrected chi connectivity index (χ0v) is 7.79. The third-order valence-electron chi connectivity index (χ3n) is 1.65. The summed E-state index contributed by atoms with van der Waals surface area (Å²) in [5.74, 6) is -0.205. The highest BCUT2D eigenvalue weighted by atomic mass is 16.1. The molecule has 0 aliphatic carbocycles. The third-order valence-corrected chi connectivity index (χ3v) is 1.65. The van der Waals surface area contributed by atoms with E-state index in [2.05, 4.69) is 11.9 Å². The summed E-state index contributed by atoms with van der Waals surface area (Å²) in [5.41, 5.74) is 12.5. The highest BCUT2D eigenvalue weighted by Gasteiger charge is 2.05. The van der Waals surface area contributed by atoms with E-state index < -0.39 is 0 Å². The first-order valence-electron chi connectivity index (χ1n) is 4.18. The maximum absolute atomic E-state index is 11.4. The van der Waals surface area contributed by atoms with Crippen molar-refractivity contribution in [2.24, 2.45) is 0 Å². The lowest BCUT2D eigenvalue weighted by molar-refractivity contribution is 0.0958. The van der Waals surface area contributed by atoms with Gasteiger partial charge in [0.15, 0.2) is 0 Å². The molecule has 1 aromatic rings. The maximum Gasteiger partial charge on any atom is 0.251 e. The minimum atomic E-state index is -0.205. The number of nitrogen functional groups attached to an aromatic ring is 2. The van der Waals surface area contributed by atoms with Gasteiger partial charge < -0.3 is 16.8 Å². The van der Waals surface area contributed by atoms with Crippen LogP contribution in [0.15, 0.2) is 30.9 Å². The van der Waals surface area contributed by atoms with Crippen LogP contribution in [0.2, 0.25) is 0 Å². The molecule has 4 heteroatoms. The van der Waals surface area contributed by atoms with Gasteiger partial charge in [0.2, 0.25) is 0 Å². The fourth-order valence-electron chi connectivity index (χ4n) is 1.07. The molecule has 0 bridgehead atoms. The Hall–Kier alpha value is -1.97. The molecule has 0 saturated heterocycles. The van der Waals surface area contributed by atoms with Crippen LogP contribution in [-0.2, 0) is 0 Å². The molecule has 1 amide bonds. The number of nitrogens with one attached hydrogen (secondary N) is 1. The van der Waals surface area contributed by atoms with Crippen molar-refractivity contribution in [2.45, 2.75) is 0 Å². The Kier molecular flexibility index (Phi) is 3.12. The minimum absolute atomic E-state index is 0.205. The summed E-state index contributed by atoms with van der Waals surface area (Å²) in [7, 11) is 0. The van der Waals surface area contributed by atoms with Gasteiger partial charge in [-0.25, -0.2) is 0 Å². The molecule has 0 aliphatic heterocycles. The van der Waals surface area contributed by atoms with Crippen LogP contribution in [0, 0.1) is 0 Å². The van der Waals surface area contributed by atoms with Crippen LogP contribution in [0.3, 0.4) is 0 Å². The van der Waals surface area contributed by atoms with E-state index in [1.54, 1.807) is 24.3 Å². The van der Waals surface area contributed by atoms with E-state index in [-0.39, 0.29) is 5.91 Å². The van der Waals surface area contributed by atoms with Gasteiger partial charge in [-0.05, 0) is 18.2 Å². The van der Waals surface area contributed by atoms with Gasteiger partial charge >= 0.3 is 0 Å². The minimum Gasteiger partial charge on any atom is -0.399 e. The highest BCUT2D eigenvalue weighted by Crippen LogP contribution is 2.13. The van der Waals surface area contributed by atoms with Gasteiger partial charge in [0.05, 0.1) is 0 Å². The molecule has 0 aliphatic rings. The number of hydrogen-bond donors (Lipinski definition) is 3. The van der Waals surface area contributed by atoms with Crippen molar-refractivity contribution in [3.63, 3.8) is 0 Å². The number of rotatable bonds is 3. The van der Waals surface area contributed by atoms with Gasteiger partial charge in [-0.3, -0.25) is 4.79 Å². The predicted octanol–water partition coefficient (Wildman–Crippen LogP) is 0.767. The number of carbonyl (C=O) groups is 1. The van der Waals surface area contributed by atoms with Crippen LogP contribution in [0.4, 0.5) is 11.4 Å². The number of nitrogens with two attached hydrogens (primary N) is 2. The molecule has 0 fully saturated rings. The Bertz CT molecular complexity index is 340. The van der Waals surface area contributed by atoms with E-state index in [0.717, 1.165) is 0 Å². The highest BCUT2D eigenvalue weighted by molar-refractivity contribution is 5.96. The zero-order valence-electron chi connectivity index (χ0n) is 7.79. The maximum atomic E-state index is 11.4. The van der Waals surface area contributed by atoms with Crippen molar-refractivity contribution in [1.82, 2.24) is 5.32 Å². The largest absolute Gasteiger partial charge is 0.399 e. The number of amides is 1. The monoisotopic (exact) mass is 191 g/mol. The Morgan fingerprint density at radius 2 is 1.93 bits per heavy atom. The molecule has 1 aromatic carbocycles. The van der Waals surface area contributed by atoms with E-state index >= 15 is 0 Å². The lowest BCUT2D eigenvalue weighted by Gasteiger charge is -2.04. The van der Waals surface area contributed by atoms with Crippen LogP contribution in [0.1, 0.15) is 10.4 Å². The Morgan fingerprint density at radius 1 is 1.36 bits per heavy atom. The van der Waals surface area contributed by atoms with Crippen LogP contribution >= 0.6 is 0 Å².